The molecule has 0 aliphatic rings. The van der Waals surface area contributed by atoms with E-state index in [1.54, 1.807) is 0 Å². The van der Waals surface area contributed by atoms with E-state index in [1.807, 2.05) is 0 Å². The van der Waals surface area contributed by atoms with E-state index in [2.05, 4.69) is 14.9 Å². The maximum atomic E-state index is 13.1. The summed E-state index contributed by atoms with van der Waals surface area (Å²) in [6.45, 7) is 0.922. The second kappa shape index (κ2) is 4.11. The molecule has 1 rings (SSSR count). The van der Waals surface area contributed by atoms with E-state index in [9.17, 15) is 26.0 Å². The SMILES string of the molecule is Cc1c(OC(F)(F)F)cnc(F)c1S(N)(=O)=O. The maximum Gasteiger partial charge on any atom is 0.573 e. The van der Waals surface area contributed by atoms with Crippen molar-refractivity contribution < 1.29 is 30.7 Å². The van der Waals surface area contributed by atoms with E-state index in [0.717, 1.165) is 6.92 Å². The number of nitrogens with zero attached hydrogens (tertiary/aromatic N) is 1. The molecular formula is C7H6F4N2O3S. The molecule has 17 heavy (non-hydrogen) atoms. The predicted molar refractivity (Wildman–Crippen MR) is 47.0 cm³/mol. The lowest BCUT2D eigenvalue weighted by Crippen LogP contribution is -2.21. The van der Waals surface area contributed by atoms with Crippen LogP contribution in [0.3, 0.4) is 0 Å². The van der Waals surface area contributed by atoms with Crippen LogP contribution in [0.4, 0.5) is 17.6 Å². The predicted octanol–water partition coefficient (Wildman–Crippen LogP) is 1.08. The van der Waals surface area contributed by atoms with Crippen LogP contribution < -0.4 is 9.88 Å². The Balaban J connectivity index is 3.40. The van der Waals surface area contributed by atoms with Crippen LogP contribution in [0.25, 0.3) is 0 Å². The molecule has 0 fully saturated rings. The standard InChI is InChI=1S/C7H6F4N2O3S/c1-3-4(16-7(9,10)11)2-13-6(8)5(3)17(12,14)15/h2H,1H3,(H2,12,14,15). The van der Waals surface area contributed by atoms with Crippen molar-refractivity contribution in [3.05, 3.63) is 17.7 Å². The lowest BCUT2D eigenvalue weighted by molar-refractivity contribution is -0.275. The Labute approximate surface area is 93.3 Å². The number of hydrogen-bond acceptors (Lipinski definition) is 4. The fraction of sp³-hybridized carbons (Fsp3) is 0.286. The molecule has 0 saturated carbocycles. The van der Waals surface area contributed by atoms with Crippen molar-refractivity contribution in [1.82, 2.24) is 4.98 Å². The van der Waals surface area contributed by atoms with E-state index in [0.29, 0.717) is 6.20 Å². The average Bonchev–Trinajstić information content (AvgIpc) is 2.06. The zero-order valence-electron chi connectivity index (χ0n) is 8.25. The number of primary sulfonamides is 1. The highest BCUT2D eigenvalue weighted by Gasteiger charge is 2.33. The number of aromatic nitrogens is 1. The van der Waals surface area contributed by atoms with Gasteiger partial charge in [-0.15, -0.1) is 13.2 Å². The van der Waals surface area contributed by atoms with Gasteiger partial charge in [0.05, 0.1) is 6.20 Å². The third kappa shape index (κ3) is 3.27. The third-order valence-electron chi connectivity index (χ3n) is 1.70. The van der Waals surface area contributed by atoms with Crippen LogP contribution in [0.1, 0.15) is 5.56 Å². The smallest absolute Gasteiger partial charge is 0.404 e. The van der Waals surface area contributed by atoms with Gasteiger partial charge in [-0.1, -0.05) is 0 Å². The van der Waals surface area contributed by atoms with Crippen molar-refractivity contribution in [1.29, 1.82) is 0 Å². The molecule has 0 atom stereocenters. The van der Waals surface area contributed by atoms with Gasteiger partial charge in [-0.2, -0.15) is 4.39 Å². The molecule has 0 unspecified atom stereocenters. The highest BCUT2D eigenvalue weighted by Crippen LogP contribution is 2.29. The Kier molecular flexibility index (Phi) is 3.30. The van der Waals surface area contributed by atoms with Crippen molar-refractivity contribution in [2.75, 3.05) is 0 Å². The zero-order valence-corrected chi connectivity index (χ0v) is 9.06. The summed E-state index contributed by atoms with van der Waals surface area (Å²) < 4.78 is 74.2. The van der Waals surface area contributed by atoms with E-state index in [-0.39, 0.29) is 0 Å². The van der Waals surface area contributed by atoms with E-state index in [4.69, 9.17) is 0 Å². The van der Waals surface area contributed by atoms with Gasteiger partial charge >= 0.3 is 6.36 Å². The Hall–Kier alpha value is -1.42. The largest absolute Gasteiger partial charge is 0.573 e. The summed E-state index contributed by atoms with van der Waals surface area (Å²) in [5.74, 6) is -2.41. The molecule has 2 N–H and O–H groups in total. The second-order valence-corrected chi connectivity index (χ2v) is 4.46. The van der Waals surface area contributed by atoms with Crippen molar-refractivity contribution in [2.45, 2.75) is 18.2 Å². The molecule has 0 aliphatic heterocycles. The summed E-state index contributed by atoms with van der Waals surface area (Å²) in [4.78, 5) is 1.71. The Morgan fingerprint density at radius 3 is 2.35 bits per heavy atom. The quantitative estimate of drug-likeness (QED) is 0.646. The summed E-state index contributed by atoms with van der Waals surface area (Å²) in [6.07, 6.45) is -4.62. The van der Waals surface area contributed by atoms with Crippen LogP contribution in [0, 0.1) is 12.9 Å². The summed E-state index contributed by atoms with van der Waals surface area (Å²) in [6, 6.07) is 0. The summed E-state index contributed by atoms with van der Waals surface area (Å²) in [7, 11) is -4.53. The van der Waals surface area contributed by atoms with Gasteiger partial charge in [0.15, 0.2) is 5.75 Å². The highest BCUT2D eigenvalue weighted by molar-refractivity contribution is 7.89. The molecule has 96 valence electrons. The van der Waals surface area contributed by atoms with Crippen LogP contribution in [0.2, 0.25) is 0 Å². The minimum absolute atomic E-state index is 0.423. The van der Waals surface area contributed by atoms with Crippen LogP contribution in [0.5, 0.6) is 5.75 Å². The molecule has 0 bridgehead atoms. The topological polar surface area (TPSA) is 82.3 Å². The van der Waals surface area contributed by atoms with E-state index in [1.165, 1.54) is 0 Å². The van der Waals surface area contributed by atoms with Crippen LogP contribution in [-0.2, 0) is 10.0 Å². The fourth-order valence-electron chi connectivity index (χ4n) is 1.10. The van der Waals surface area contributed by atoms with Gasteiger partial charge in [0.2, 0.25) is 16.0 Å². The van der Waals surface area contributed by atoms with Crippen LogP contribution >= 0.6 is 0 Å². The monoisotopic (exact) mass is 274 g/mol. The normalized spacial score (nSPS) is 12.6. The van der Waals surface area contributed by atoms with Gasteiger partial charge in [0, 0.05) is 5.56 Å². The number of pyridine rings is 1. The van der Waals surface area contributed by atoms with Gasteiger partial charge in [0.25, 0.3) is 0 Å². The molecule has 0 saturated heterocycles. The highest BCUT2D eigenvalue weighted by atomic mass is 32.2. The third-order valence-corrected chi connectivity index (χ3v) is 2.75. The molecule has 0 aliphatic carbocycles. The number of nitrogens with two attached hydrogens (primary N) is 1. The first-order valence-corrected chi connectivity index (χ1v) is 5.50. The van der Waals surface area contributed by atoms with Crippen LogP contribution in [-0.4, -0.2) is 19.8 Å². The molecule has 0 aromatic carbocycles. The molecule has 0 amide bonds. The number of rotatable bonds is 2. The minimum atomic E-state index is -5.04. The molecule has 1 aromatic rings. The number of halogens is 4. The summed E-state index contributed by atoms with van der Waals surface area (Å²) in [5, 5.41) is 4.65. The van der Waals surface area contributed by atoms with Crippen molar-refractivity contribution in [2.24, 2.45) is 5.14 Å². The average molecular weight is 274 g/mol. The Morgan fingerprint density at radius 1 is 1.41 bits per heavy atom. The number of ether oxygens (including phenoxy) is 1. The molecule has 1 heterocycles. The van der Waals surface area contributed by atoms with E-state index >= 15 is 0 Å². The van der Waals surface area contributed by atoms with Gasteiger partial charge in [0.1, 0.15) is 4.90 Å². The Morgan fingerprint density at radius 2 is 1.94 bits per heavy atom. The number of sulfonamides is 1. The molecule has 1 aromatic heterocycles. The lowest BCUT2D eigenvalue weighted by atomic mass is 10.3. The fourth-order valence-corrected chi connectivity index (χ4v) is 1.91. The van der Waals surface area contributed by atoms with Gasteiger partial charge in [-0.05, 0) is 6.92 Å². The van der Waals surface area contributed by atoms with Crippen molar-refractivity contribution in [3.8, 4) is 5.75 Å². The van der Waals surface area contributed by atoms with Gasteiger partial charge in [-0.25, -0.2) is 18.5 Å². The first-order chi connectivity index (χ1) is 7.52. The van der Waals surface area contributed by atoms with E-state index < -0.39 is 38.5 Å². The second-order valence-electron chi connectivity index (χ2n) is 2.96. The van der Waals surface area contributed by atoms with Gasteiger partial charge in [-0.3, -0.25) is 0 Å². The van der Waals surface area contributed by atoms with Crippen molar-refractivity contribution >= 4 is 10.0 Å². The zero-order chi connectivity index (χ0) is 13.4. The molecule has 0 spiro atoms. The van der Waals surface area contributed by atoms with Crippen molar-refractivity contribution in [3.63, 3.8) is 0 Å². The molecule has 0 radical (unpaired) electrons. The first-order valence-electron chi connectivity index (χ1n) is 3.96. The molecular weight excluding hydrogens is 268 g/mol. The van der Waals surface area contributed by atoms with Gasteiger partial charge < -0.3 is 4.74 Å². The Bertz CT molecular complexity index is 541. The lowest BCUT2D eigenvalue weighted by Gasteiger charge is -2.12. The number of alkyl halides is 3. The summed E-state index contributed by atoms with van der Waals surface area (Å²) in [5.41, 5.74) is -0.600. The maximum absolute atomic E-state index is 13.1. The minimum Gasteiger partial charge on any atom is -0.404 e. The first kappa shape index (κ1) is 13.6. The molecule has 5 nitrogen and oxygen atoms in total. The molecule has 10 heteroatoms. The van der Waals surface area contributed by atoms with Crippen LogP contribution in [0.15, 0.2) is 11.1 Å². The number of hydrogen-bond donors (Lipinski definition) is 1. The summed E-state index contributed by atoms with van der Waals surface area (Å²) >= 11 is 0.